The minimum atomic E-state index is 0.0138. The number of hydrogen-bond acceptors (Lipinski definition) is 5. The highest BCUT2D eigenvalue weighted by atomic mass is 32.2. The number of nitrogens with zero attached hydrogens (tertiary/aromatic N) is 1. The van der Waals surface area contributed by atoms with Crippen molar-refractivity contribution in [3.8, 4) is 0 Å². The van der Waals surface area contributed by atoms with Gasteiger partial charge in [0.05, 0.1) is 5.69 Å². The number of H-pyrrole nitrogens is 1. The van der Waals surface area contributed by atoms with E-state index in [1.807, 2.05) is 0 Å². The fourth-order valence-corrected chi connectivity index (χ4v) is 4.78. The number of piperidine rings is 1. The summed E-state index contributed by atoms with van der Waals surface area (Å²) >= 11 is 1.75. The summed E-state index contributed by atoms with van der Waals surface area (Å²) in [5.41, 5.74) is 1.95. The van der Waals surface area contributed by atoms with Crippen LogP contribution in [0.15, 0.2) is 4.79 Å². The number of nitrogens with one attached hydrogen (secondary N) is 3. The predicted octanol–water partition coefficient (Wildman–Crippen LogP) is 2.24. The average molecular weight is 308 g/mol. The van der Waals surface area contributed by atoms with Gasteiger partial charge in [-0.25, -0.2) is 4.98 Å². The van der Waals surface area contributed by atoms with Gasteiger partial charge in [-0.2, -0.15) is 11.8 Å². The summed E-state index contributed by atoms with van der Waals surface area (Å²) in [5.74, 6) is 2.25. The molecule has 0 saturated carbocycles. The van der Waals surface area contributed by atoms with Gasteiger partial charge in [-0.05, 0) is 40.5 Å². The Balaban J connectivity index is 1.81. The molecule has 116 valence electrons. The first-order valence-corrected chi connectivity index (χ1v) is 8.65. The van der Waals surface area contributed by atoms with Crippen LogP contribution in [0.1, 0.15) is 51.8 Å². The van der Waals surface area contributed by atoms with E-state index in [9.17, 15) is 4.79 Å². The Bertz CT molecular complexity index is 592. The lowest BCUT2D eigenvalue weighted by molar-refractivity contribution is 0.170. The van der Waals surface area contributed by atoms with E-state index < -0.39 is 0 Å². The molecule has 1 fully saturated rings. The Morgan fingerprint density at radius 3 is 2.52 bits per heavy atom. The molecular formula is C15H24N4OS. The maximum atomic E-state index is 12.1. The lowest BCUT2D eigenvalue weighted by Crippen LogP contribution is -2.60. The van der Waals surface area contributed by atoms with Gasteiger partial charge in [0.2, 0.25) is 5.95 Å². The molecule has 0 spiro atoms. The van der Waals surface area contributed by atoms with Crippen molar-refractivity contribution in [3.05, 3.63) is 21.6 Å². The fourth-order valence-electron chi connectivity index (χ4n) is 3.75. The third kappa shape index (κ3) is 3.26. The molecule has 0 atom stereocenters. The normalized spacial score (nSPS) is 23.8. The maximum absolute atomic E-state index is 12.1. The molecule has 0 aliphatic carbocycles. The quantitative estimate of drug-likeness (QED) is 0.782. The van der Waals surface area contributed by atoms with Crippen molar-refractivity contribution >= 4 is 17.7 Å². The van der Waals surface area contributed by atoms with E-state index in [2.05, 4.69) is 48.3 Å². The Morgan fingerprint density at radius 1 is 1.19 bits per heavy atom. The summed E-state index contributed by atoms with van der Waals surface area (Å²) in [6.45, 7) is 8.88. The van der Waals surface area contributed by atoms with Gasteiger partial charge in [0.15, 0.2) is 0 Å². The van der Waals surface area contributed by atoms with Crippen LogP contribution in [-0.4, -0.2) is 27.1 Å². The topological polar surface area (TPSA) is 69.8 Å². The predicted molar refractivity (Wildman–Crippen MR) is 87.8 cm³/mol. The van der Waals surface area contributed by atoms with E-state index in [0.717, 1.165) is 35.6 Å². The van der Waals surface area contributed by atoms with Crippen LogP contribution in [0.5, 0.6) is 0 Å². The summed E-state index contributed by atoms with van der Waals surface area (Å²) < 4.78 is 0. The molecule has 0 aromatic carbocycles. The third-order valence-electron chi connectivity index (χ3n) is 4.12. The van der Waals surface area contributed by atoms with E-state index >= 15 is 0 Å². The number of aromatic amines is 1. The molecule has 5 nitrogen and oxygen atoms in total. The van der Waals surface area contributed by atoms with Crippen molar-refractivity contribution in [1.82, 2.24) is 15.3 Å². The first kappa shape index (κ1) is 14.9. The molecule has 2 aliphatic rings. The number of rotatable bonds is 2. The van der Waals surface area contributed by atoms with Gasteiger partial charge < -0.3 is 10.6 Å². The molecule has 1 saturated heterocycles. The van der Waals surface area contributed by atoms with Crippen LogP contribution >= 0.6 is 11.8 Å². The fraction of sp³-hybridized carbons (Fsp3) is 0.733. The molecule has 0 radical (unpaired) electrons. The second-order valence-corrected chi connectivity index (χ2v) is 8.46. The van der Waals surface area contributed by atoms with Gasteiger partial charge >= 0.3 is 0 Å². The number of thioether (sulfide) groups is 1. The molecule has 1 aromatic heterocycles. The molecule has 3 rings (SSSR count). The Labute approximate surface area is 129 Å². The second kappa shape index (κ2) is 5.02. The highest BCUT2D eigenvalue weighted by Gasteiger charge is 2.37. The monoisotopic (exact) mass is 308 g/mol. The smallest absolute Gasteiger partial charge is 0.256 e. The highest BCUT2D eigenvalue weighted by molar-refractivity contribution is 7.98. The molecule has 6 heteroatoms. The first-order chi connectivity index (χ1) is 9.74. The Kier molecular flexibility index (Phi) is 3.56. The largest absolute Gasteiger partial charge is 0.353 e. The summed E-state index contributed by atoms with van der Waals surface area (Å²) in [7, 11) is 0. The minimum absolute atomic E-state index is 0.0138. The van der Waals surface area contributed by atoms with Crippen LogP contribution in [0.4, 0.5) is 5.95 Å². The van der Waals surface area contributed by atoms with Crippen LogP contribution in [0.25, 0.3) is 0 Å². The van der Waals surface area contributed by atoms with E-state index in [1.54, 1.807) is 11.8 Å². The van der Waals surface area contributed by atoms with Gasteiger partial charge in [-0.3, -0.25) is 9.78 Å². The van der Waals surface area contributed by atoms with Crippen molar-refractivity contribution in [2.75, 3.05) is 5.32 Å². The van der Waals surface area contributed by atoms with Crippen LogP contribution in [0.3, 0.4) is 0 Å². The van der Waals surface area contributed by atoms with Gasteiger partial charge in [0.25, 0.3) is 5.56 Å². The SMILES string of the molecule is CC1(C)CC(Nc2nc3c(c(=O)[nH]2)CSC3)CC(C)(C)N1. The van der Waals surface area contributed by atoms with Crippen LogP contribution in [-0.2, 0) is 11.5 Å². The molecule has 3 N–H and O–H groups in total. The highest BCUT2D eigenvalue weighted by Crippen LogP contribution is 2.30. The van der Waals surface area contributed by atoms with Gasteiger partial charge in [0.1, 0.15) is 0 Å². The zero-order chi connectivity index (χ0) is 15.3. The summed E-state index contributed by atoms with van der Waals surface area (Å²) in [6.07, 6.45) is 2.01. The average Bonchev–Trinajstić information content (AvgIpc) is 2.72. The molecule has 2 aliphatic heterocycles. The lowest BCUT2D eigenvalue weighted by Gasteiger charge is -2.46. The number of aromatic nitrogens is 2. The first-order valence-electron chi connectivity index (χ1n) is 7.50. The van der Waals surface area contributed by atoms with Crippen LogP contribution < -0.4 is 16.2 Å². The van der Waals surface area contributed by atoms with E-state index in [4.69, 9.17) is 0 Å². The van der Waals surface area contributed by atoms with Crippen molar-refractivity contribution in [1.29, 1.82) is 0 Å². The minimum Gasteiger partial charge on any atom is -0.353 e. The molecule has 1 aromatic rings. The van der Waals surface area contributed by atoms with Gasteiger partial charge in [-0.1, -0.05) is 0 Å². The zero-order valence-corrected chi connectivity index (χ0v) is 14.0. The number of hydrogen-bond donors (Lipinski definition) is 3. The second-order valence-electron chi connectivity index (χ2n) is 7.47. The molecule has 3 heterocycles. The lowest BCUT2D eigenvalue weighted by atomic mass is 9.80. The maximum Gasteiger partial charge on any atom is 0.256 e. The standard InChI is InChI=1S/C15H24N4OS/c1-14(2)5-9(6-15(3,4)19-14)16-13-17-11-8-21-7-10(11)12(20)18-13/h9,19H,5-8H2,1-4H3,(H2,16,17,18,20). The summed E-state index contributed by atoms with van der Waals surface area (Å²) in [5, 5.41) is 7.11. The van der Waals surface area contributed by atoms with Crippen molar-refractivity contribution in [3.63, 3.8) is 0 Å². The van der Waals surface area contributed by atoms with Crippen molar-refractivity contribution in [2.24, 2.45) is 0 Å². The van der Waals surface area contributed by atoms with Crippen molar-refractivity contribution in [2.45, 2.75) is 69.2 Å². The Morgan fingerprint density at radius 2 is 1.86 bits per heavy atom. The molecular weight excluding hydrogens is 284 g/mol. The molecule has 0 unspecified atom stereocenters. The zero-order valence-electron chi connectivity index (χ0n) is 13.2. The molecule has 0 amide bonds. The van der Waals surface area contributed by atoms with E-state index in [-0.39, 0.29) is 16.6 Å². The van der Waals surface area contributed by atoms with Gasteiger partial charge in [-0.15, -0.1) is 0 Å². The Hall–Kier alpha value is -1.01. The van der Waals surface area contributed by atoms with Crippen molar-refractivity contribution < 1.29 is 0 Å². The summed E-state index contributed by atoms with van der Waals surface area (Å²) in [4.78, 5) is 19.6. The molecule has 0 bridgehead atoms. The van der Waals surface area contributed by atoms with E-state index in [1.165, 1.54) is 0 Å². The van der Waals surface area contributed by atoms with Crippen LogP contribution in [0, 0.1) is 0 Å². The van der Waals surface area contributed by atoms with E-state index in [0.29, 0.717) is 12.0 Å². The number of fused-ring (bicyclic) bond motifs is 1. The molecule has 21 heavy (non-hydrogen) atoms. The van der Waals surface area contributed by atoms with Crippen LogP contribution in [0.2, 0.25) is 0 Å². The third-order valence-corrected chi connectivity index (χ3v) is 5.09. The van der Waals surface area contributed by atoms with Gasteiger partial charge in [0, 0.05) is 34.2 Å². The summed E-state index contributed by atoms with van der Waals surface area (Å²) in [6, 6.07) is 0.312. The number of anilines is 1.